The number of fused-ring (bicyclic) bond motifs is 1. The molecule has 0 fully saturated rings. The number of aromatic hydroxyl groups is 1. The lowest BCUT2D eigenvalue weighted by atomic mass is 9.76. The van der Waals surface area contributed by atoms with Crippen LogP contribution in [-0.4, -0.2) is 18.2 Å². The predicted molar refractivity (Wildman–Crippen MR) is 67.4 cm³/mol. The number of benzene rings is 1. The van der Waals surface area contributed by atoms with Gasteiger partial charge in [-0.05, 0) is 19.4 Å². The monoisotopic (exact) mass is 250 g/mol. The van der Waals surface area contributed by atoms with Gasteiger partial charge in [-0.25, -0.2) is 0 Å². The van der Waals surface area contributed by atoms with Gasteiger partial charge in [-0.2, -0.15) is 0 Å². The topological polar surface area (TPSA) is 55.8 Å². The van der Waals surface area contributed by atoms with E-state index in [1.54, 1.807) is 6.92 Å². The molecule has 1 aliphatic rings. The molecule has 0 spiro atoms. The summed E-state index contributed by atoms with van der Waals surface area (Å²) >= 11 is 0. The first-order valence-corrected chi connectivity index (χ1v) is 5.91. The van der Waals surface area contributed by atoms with Crippen LogP contribution in [0.1, 0.15) is 37.0 Å². The first-order chi connectivity index (χ1) is 8.29. The molecule has 1 aliphatic heterocycles. The molecule has 1 N–H and O–H groups in total. The molecular formula is C14H18O4. The molecule has 0 amide bonds. The lowest BCUT2D eigenvalue weighted by Gasteiger charge is -2.34. The highest BCUT2D eigenvalue weighted by Gasteiger charge is 2.39. The van der Waals surface area contributed by atoms with Crippen molar-refractivity contribution in [3.05, 3.63) is 16.7 Å². The van der Waals surface area contributed by atoms with Crippen molar-refractivity contribution in [2.24, 2.45) is 0 Å². The molecule has 0 atom stereocenters. The second-order valence-corrected chi connectivity index (χ2v) is 5.37. The van der Waals surface area contributed by atoms with Crippen molar-refractivity contribution in [2.45, 2.75) is 39.5 Å². The van der Waals surface area contributed by atoms with Crippen molar-refractivity contribution < 1.29 is 19.4 Å². The van der Waals surface area contributed by atoms with E-state index in [-0.39, 0.29) is 17.1 Å². The largest absolute Gasteiger partial charge is 0.507 e. The lowest BCUT2D eigenvalue weighted by Crippen LogP contribution is -2.32. The molecule has 0 aromatic heterocycles. The molecule has 0 saturated carbocycles. The Hall–Kier alpha value is -1.71. The summed E-state index contributed by atoms with van der Waals surface area (Å²) in [4.78, 5) is 11.7. The summed E-state index contributed by atoms with van der Waals surface area (Å²) in [7, 11) is 1.51. The van der Waals surface area contributed by atoms with E-state index in [4.69, 9.17) is 9.47 Å². The average Bonchev–Trinajstić information content (AvgIpc) is 2.24. The number of phenolic OH excluding ortho intramolecular Hbond substituents is 1. The van der Waals surface area contributed by atoms with Gasteiger partial charge >= 0.3 is 5.97 Å². The molecule has 0 saturated heterocycles. The van der Waals surface area contributed by atoms with Crippen LogP contribution in [0, 0.1) is 13.8 Å². The Kier molecular flexibility index (Phi) is 2.76. The fourth-order valence-electron chi connectivity index (χ4n) is 2.72. The number of carbonyl (C=O) groups is 1. The molecule has 18 heavy (non-hydrogen) atoms. The minimum absolute atomic E-state index is 0.205. The van der Waals surface area contributed by atoms with Gasteiger partial charge in [-0.1, -0.05) is 13.8 Å². The highest BCUT2D eigenvalue weighted by Crippen LogP contribution is 2.50. The van der Waals surface area contributed by atoms with Crippen molar-refractivity contribution in [3.63, 3.8) is 0 Å². The number of carbonyl (C=O) groups excluding carboxylic acids is 1. The van der Waals surface area contributed by atoms with Crippen molar-refractivity contribution in [3.8, 4) is 17.2 Å². The maximum Gasteiger partial charge on any atom is 0.312 e. The third kappa shape index (κ3) is 1.64. The van der Waals surface area contributed by atoms with Gasteiger partial charge in [0.25, 0.3) is 0 Å². The van der Waals surface area contributed by atoms with Crippen LogP contribution in [-0.2, 0) is 10.2 Å². The van der Waals surface area contributed by atoms with E-state index in [1.165, 1.54) is 7.11 Å². The Bertz CT molecular complexity index is 529. The molecule has 4 heteroatoms. The van der Waals surface area contributed by atoms with Crippen LogP contribution in [0.5, 0.6) is 17.2 Å². The van der Waals surface area contributed by atoms with Crippen molar-refractivity contribution in [1.29, 1.82) is 0 Å². The molecule has 1 aromatic rings. The average molecular weight is 250 g/mol. The van der Waals surface area contributed by atoms with Crippen molar-refractivity contribution in [2.75, 3.05) is 7.11 Å². The van der Waals surface area contributed by atoms with Gasteiger partial charge in [0, 0.05) is 16.5 Å². The number of phenols is 1. The van der Waals surface area contributed by atoms with E-state index in [0.717, 1.165) is 11.1 Å². The summed E-state index contributed by atoms with van der Waals surface area (Å²) in [6.45, 7) is 7.51. The van der Waals surface area contributed by atoms with Crippen LogP contribution in [0.2, 0.25) is 0 Å². The second-order valence-electron chi connectivity index (χ2n) is 5.37. The highest BCUT2D eigenvalue weighted by molar-refractivity contribution is 5.81. The zero-order chi connectivity index (χ0) is 13.7. The number of ether oxygens (including phenoxy) is 2. The number of methoxy groups -OCH3 is 1. The first-order valence-electron chi connectivity index (χ1n) is 5.91. The quantitative estimate of drug-likeness (QED) is 0.615. The zero-order valence-electron chi connectivity index (χ0n) is 11.4. The van der Waals surface area contributed by atoms with E-state index in [1.807, 2.05) is 20.8 Å². The van der Waals surface area contributed by atoms with E-state index in [0.29, 0.717) is 23.5 Å². The third-order valence-corrected chi connectivity index (χ3v) is 3.54. The molecular weight excluding hydrogens is 232 g/mol. The van der Waals surface area contributed by atoms with E-state index < -0.39 is 0 Å². The Morgan fingerprint density at radius 1 is 1.28 bits per heavy atom. The standard InChI is InChI=1S/C14H18O4/c1-7-10-13(12(17-5)8(2)11(7)16)18-9(15)6-14(10,3)4/h16H,6H2,1-5H3. The highest BCUT2D eigenvalue weighted by atomic mass is 16.6. The van der Waals surface area contributed by atoms with E-state index >= 15 is 0 Å². The van der Waals surface area contributed by atoms with Gasteiger partial charge in [-0.3, -0.25) is 4.79 Å². The first kappa shape index (κ1) is 12.7. The molecule has 4 nitrogen and oxygen atoms in total. The molecule has 2 rings (SSSR count). The SMILES string of the molecule is COc1c(C)c(O)c(C)c2c1OC(=O)CC2(C)C. The lowest BCUT2D eigenvalue weighted by molar-refractivity contribution is -0.137. The molecule has 0 aliphatic carbocycles. The summed E-state index contributed by atoms with van der Waals surface area (Å²) < 4.78 is 10.6. The Morgan fingerprint density at radius 2 is 1.89 bits per heavy atom. The van der Waals surface area contributed by atoms with Gasteiger partial charge in [0.1, 0.15) is 5.75 Å². The Balaban J connectivity index is 2.85. The van der Waals surface area contributed by atoms with Crippen LogP contribution >= 0.6 is 0 Å². The minimum atomic E-state index is -0.368. The Labute approximate surface area is 107 Å². The van der Waals surface area contributed by atoms with Gasteiger partial charge in [0.2, 0.25) is 0 Å². The van der Waals surface area contributed by atoms with Gasteiger partial charge < -0.3 is 14.6 Å². The Morgan fingerprint density at radius 3 is 2.44 bits per heavy atom. The summed E-state index contributed by atoms with van der Waals surface area (Å²) in [6.07, 6.45) is 0.298. The van der Waals surface area contributed by atoms with Crippen molar-refractivity contribution in [1.82, 2.24) is 0 Å². The smallest absolute Gasteiger partial charge is 0.312 e. The maximum atomic E-state index is 11.7. The van der Waals surface area contributed by atoms with E-state index in [2.05, 4.69) is 0 Å². The minimum Gasteiger partial charge on any atom is -0.507 e. The second kappa shape index (κ2) is 3.90. The number of esters is 1. The molecule has 1 aromatic carbocycles. The van der Waals surface area contributed by atoms with Crippen molar-refractivity contribution >= 4 is 5.97 Å². The fourth-order valence-corrected chi connectivity index (χ4v) is 2.72. The van der Waals surface area contributed by atoms with Crippen LogP contribution in [0.4, 0.5) is 0 Å². The zero-order valence-corrected chi connectivity index (χ0v) is 11.4. The maximum absolute atomic E-state index is 11.7. The third-order valence-electron chi connectivity index (χ3n) is 3.54. The normalized spacial score (nSPS) is 17.1. The number of hydrogen-bond donors (Lipinski definition) is 1. The van der Waals surface area contributed by atoms with Gasteiger partial charge in [0.05, 0.1) is 13.5 Å². The molecule has 0 unspecified atom stereocenters. The van der Waals surface area contributed by atoms with Crippen LogP contribution < -0.4 is 9.47 Å². The van der Waals surface area contributed by atoms with Gasteiger partial charge in [0.15, 0.2) is 11.5 Å². The summed E-state index contributed by atoms with van der Waals surface area (Å²) in [5.41, 5.74) is 1.83. The number of rotatable bonds is 1. The van der Waals surface area contributed by atoms with Crippen LogP contribution in [0.3, 0.4) is 0 Å². The molecule has 1 heterocycles. The fraction of sp³-hybridized carbons (Fsp3) is 0.500. The predicted octanol–water partition coefficient (Wildman–Crippen LogP) is 2.60. The van der Waals surface area contributed by atoms with Crippen LogP contribution in [0.25, 0.3) is 0 Å². The van der Waals surface area contributed by atoms with Crippen LogP contribution in [0.15, 0.2) is 0 Å². The number of hydrogen-bond acceptors (Lipinski definition) is 4. The molecule has 98 valence electrons. The molecule has 0 bridgehead atoms. The summed E-state index contributed by atoms with van der Waals surface area (Å²) in [5, 5.41) is 10.2. The van der Waals surface area contributed by atoms with Gasteiger partial charge in [-0.15, -0.1) is 0 Å². The van der Waals surface area contributed by atoms with E-state index in [9.17, 15) is 9.90 Å². The summed E-state index contributed by atoms with van der Waals surface area (Å²) in [5.74, 6) is 0.827. The summed E-state index contributed by atoms with van der Waals surface area (Å²) in [6, 6.07) is 0. The molecule has 0 radical (unpaired) electrons.